The van der Waals surface area contributed by atoms with Crippen LogP contribution < -0.4 is 25.8 Å². The molecule has 0 aromatic heterocycles. The molecule has 1 atom stereocenters. The van der Waals surface area contributed by atoms with E-state index in [1.54, 1.807) is 42.5 Å². The fourth-order valence-electron chi connectivity index (χ4n) is 2.32. The van der Waals surface area contributed by atoms with Crippen molar-refractivity contribution < 1.29 is 23.9 Å². The summed E-state index contributed by atoms with van der Waals surface area (Å²) in [6, 6.07) is 12.4. The van der Waals surface area contributed by atoms with Gasteiger partial charge in [0.1, 0.15) is 17.5 Å². The lowest BCUT2D eigenvalue weighted by molar-refractivity contribution is -0.123. The molecule has 0 fully saturated rings. The fourth-order valence-corrected chi connectivity index (χ4v) is 2.32. The molecule has 0 saturated heterocycles. The number of nitrogens with one attached hydrogen (secondary N) is 2. The molecule has 0 spiro atoms. The van der Waals surface area contributed by atoms with E-state index in [4.69, 9.17) is 15.2 Å². The number of benzene rings is 2. The van der Waals surface area contributed by atoms with Crippen LogP contribution in [0.2, 0.25) is 0 Å². The Balaban J connectivity index is 2.10. The first-order valence-electron chi connectivity index (χ1n) is 8.16. The molecule has 4 N–H and O–H groups in total. The number of ether oxygens (including phenoxy) is 2. The van der Waals surface area contributed by atoms with Crippen LogP contribution in [0.1, 0.15) is 12.0 Å². The Bertz CT molecular complexity index is 823. The van der Waals surface area contributed by atoms with E-state index in [2.05, 4.69) is 10.6 Å². The number of carbonyl (C=O) groups is 3. The van der Waals surface area contributed by atoms with Crippen LogP contribution in [0.4, 0.5) is 10.5 Å². The maximum Gasteiger partial charge on any atom is 0.413 e. The van der Waals surface area contributed by atoms with Crippen molar-refractivity contribution >= 4 is 23.6 Å². The van der Waals surface area contributed by atoms with Crippen molar-refractivity contribution in [3.05, 3.63) is 54.1 Å². The molecular formula is C19H21N3O5. The van der Waals surface area contributed by atoms with E-state index in [0.717, 1.165) is 5.56 Å². The van der Waals surface area contributed by atoms with E-state index in [-0.39, 0.29) is 6.42 Å². The van der Waals surface area contributed by atoms with Crippen molar-refractivity contribution in [3.63, 3.8) is 0 Å². The van der Waals surface area contributed by atoms with Gasteiger partial charge in [-0.25, -0.2) is 4.79 Å². The Morgan fingerprint density at radius 1 is 1.11 bits per heavy atom. The number of amides is 3. The molecule has 2 aromatic carbocycles. The summed E-state index contributed by atoms with van der Waals surface area (Å²) >= 11 is 0. The van der Waals surface area contributed by atoms with Gasteiger partial charge in [0.05, 0.1) is 19.2 Å². The lowest BCUT2D eigenvalue weighted by Crippen LogP contribution is -2.47. The summed E-state index contributed by atoms with van der Waals surface area (Å²) in [6.07, 6.45) is -1.26. The molecule has 3 amide bonds. The second kappa shape index (κ2) is 9.23. The molecule has 8 nitrogen and oxygen atoms in total. The maximum absolute atomic E-state index is 12.6. The number of anilines is 1. The zero-order valence-corrected chi connectivity index (χ0v) is 15.0. The molecule has 0 heterocycles. The van der Waals surface area contributed by atoms with E-state index in [1.807, 2.05) is 13.0 Å². The number of carbonyl (C=O) groups excluding carboxylic acids is 3. The minimum Gasteiger partial charge on any atom is -0.495 e. The van der Waals surface area contributed by atoms with Crippen molar-refractivity contribution in [1.82, 2.24) is 5.32 Å². The Morgan fingerprint density at radius 2 is 1.81 bits per heavy atom. The highest BCUT2D eigenvalue weighted by Gasteiger charge is 2.25. The summed E-state index contributed by atoms with van der Waals surface area (Å²) in [5.74, 6) is -0.624. The zero-order valence-electron chi connectivity index (χ0n) is 15.0. The van der Waals surface area contributed by atoms with Crippen molar-refractivity contribution in [2.24, 2.45) is 5.73 Å². The molecule has 0 radical (unpaired) electrons. The average Bonchev–Trinajstić information content (AvgIpc) is 2.61. The molecule has 2 rings (SSSR count). The number of primary amides is 1. The van der Waals surface area contributed by atoms with Gasteiger partial charge in [-0.15, -0.1) is 0 Å². The summed E-state index contributed by atoms with van der Waals surface area (Å²) in [7, 11) is 1.47. The number of aryl methyl sites for hydroxylation is 1. The van der Waals surface area contributed by atoms with E-state index in [0.29, 0.717) is 17.2 Å². The van der Waals surface area contributed by atoms with Crippen LogP contribution in [0.15, 0.2) is 48.5 Å². The molecule has 0 aliphatic carbocycles. The molecule has 0 unspecified atom stereocenters. The van der Waals surface area contributed by atoms with Gasteiger partial charge in [-0.05, 0) is 36.8 Å². The highest BCUT2D eigenvalue weighted by molar-refractivity contribution is 6.00. The summed E-state index contributed by atoms with van der Waals surface area (Å²) in [4.78, 5) is 35.9. The molecular weight excluding hydrogens is 350 g/mol. The van der Waals surface area contributed by atoms with Gasteiger partial charge in [-0.1, -0.05) is 24.3 Å². The number of nitrogens with two attached hydrogens (primary N) is 1. The van der Waals surface area contributed by atoms with Crippen LogP contribution in [0, 0.1) is 6.92 Å². The molecule has 0 aliphatic rings. The van der Waals surface area contributed by atoms with E-state index in [1.165, 1.54) is 7.11 Å². The molecule has 0 saturated carbocycles. The smallest absolute Gasteiger partial charge is 0.413 e. The third kappa shape index (κ3) is 6.03. The second-order valence-corrected chi connectivity index (χ2v) is 5.76. The van der Waals surface area contributed by atoms with E-state index < -0.39 is 23.9 Å². The van der Waals surface area contributed by atoms with Crippen LogP contribution in [0.5, 0.6) is 11.5 Å². The van der Waals surface area contributed by atoms with Gasteiger partial charge in [-0.2, -0.15) is 0 Å². The highest BCUT2D eigenvalue weighted by atomic mass is 16.6. The summed E-state index contributed by atoms with van der Waals surface area (Å²) < 4.78 is 10.3. The van der Waals surface area contributed by atoms with Crippen molar-refractivity contribution in [2.45, 2.75) is 19.4 Å². The topological polar surface area (TPSA) is 120 Å². The van der Waals surface area contributed by atoms with Gasteiger partial charge in [0.2, 0.25) is 11.8 Å². The van der Waals surface area contributed by atoms with Crippen molar-refractivity contribution in [1.29, 1.82) is 0 Å². The third-order valence-electron chi connectivity index (χ3n) is 3.58. The van der Waals surface area contributed by atoms with Gasteiger partial charge in [-0.3, -0.25) is 9.59 Å². The van der Waals surface area contributed by atoms with Crippen molar-refractivity contribution in [2.75, 3.05) is 12.4 Å². The Labute approximate surface area is 156 Å². The Hall–Kier alpha value is -3.55. The third-order valence-corrected chi connectivity index (χ3v) is 3.58. The molecule has 142 valence electrons. The van der Waals surface area contributed by atoms with Gasteiger partial charge in [0.15, 0.2) is 0 Å². The van der Waals surface area contributed by atoms with E-state index >= 15 is 0 Å². The number of para-hydroxylation sites is 1. The monoisotopic (exact) mass is 371 g/mol. The second-order valence-electron chi connectivity index (χ2n) is 5.76. The predicted molar refractivity (Wildman–Crippen MR) is 99.6 cm³/mol. The lowest BCUT2D eigenvalue weighted by Gasteiger charge is -2.18. The van der Waals surface area contributed by atoms with Gasteiger partial charge in [0, 0.05) is 0 Å². The minimum absolute atomic E-state index is 0.300. The lowest BCUT2D eigenvalue weighted by atomic mass is 10.1. The van der Waals surface area contributed by atoms with E-state index in [9.17, 15) is 14.4 Å². The summed E-state index contributed by atoms with van der Waals surface area (Å²) in [5.41, 5.74) is 6.51. The summed E-state index contributed by atoms with van der Waals surface area (Å²) in [5, 5.41) is 4.99. The number of hydrogen-bond acceptors (Lipinski definition) is 5. The van der Waals surface area contributed by atoms with Crippen LogP contribution in [0.3, 0.4) is 0 Å². The van der Waals surface area contributed by atoms with Crippen molar-refractivity contribution in [3.8, 4) is 11.5 Å². The number of methoxy groups -OCH3 is 1. The van der Waals surface area contributed by atoms with Crippen LogP contribution in [-0.2, 0) is 9.59 Å². The number of rotatable bonds is 7. The first-order valence-corrected chi connectivity index (χ1v) is 8.16. The normalized spacial score (nSPS) is 11.2. The minimum atomic E-state index is -1.20. The fraction of sp³-hybridized carbons (Fsp3) is 0.211. The first-order chi connectivity index (χ1) is 12.9. The predicted octanol–water partition coefficient (Wildman–Crippen LogP) is 1.97. The van der Waals surface area contributed by atoms with Gasteiger partial charge >= 0.3 is 6.09 Å². The maximum atomic E-state index is 12.6. The van der Waals surface area contributed by atoms with Gasteiger partial charge in [0.25, 0.3) is 0 Å². The largest absolute Gasteiger partial charge is 0.495 e. The highest BCUT2D eigenvalue weighted by Crippen LogP contribution is 2.25. The molecule has 0 aliphatic heterocycles. The SMILES string of the molecule is COc1ccc(C)cc1NC(=O)[C@@H](CC(N)=O)NC(=O)Oc1ccccc1. The average molecular weight is 371 g/mol. The number of hydrogen-bond donors (Lipinski definition) is 3. The van der Waals surface area contributed by atoms with Gasteiger partial charge < -0.3 is 25.8 Å². The molecule has 27 heavy (non-hydrogen) atoms. The Morgan fingerprint density at radius 3 is 2.44 bits per heavy atom. The first kappa shape index (κ1) is 19.8. The standard InChI is InChI=1S/C19H21N3O5/c1-12-8-9-16(26-2)14(10-12)21-18(24)15(11-17(20)23)22-19(25)27-13-6-4-3-5-7-13/h3-10,15H,11H2,1-2H3,(H2,20,23)(H,21,24)(H,22,25)/t15-/m1/s1. The molecule has 2 aromatic rings. The summed E-state index contributed by atoms with van der Waals surface area (Å²) in [6.45, 7) is 1.85. The molecule has 8 heteroatoms. The Kier molecular flexibility index (Phi) is 6.76. The van der Waals surface area contributed by atoms with Crippen LogP contribution in [-0.4, -0.2) is 31.1 Å². The quantitative estimate of drug-likeness (QED) is 0.687. The van der Waals surface area contributed by atoms with Crippen LogP contribution in [0.25, 0.3) is 0 Å². The van der Waals surface area contributed by atoms with Crippen LogP contribution >= 0.6 is 0 Å². The molecule has 0 bridgehead atoms. The zero-order chi connectivity index (χ0) is 19.8.